The summed E-state index contributed by atoms with van der Waals surface area (Å²) >= 11 is 0. The molecule has 20 heavy (non-hydrogen) atoms. The SMILES string of the molecule is CCNC(C)(C)C(=O)Nc1ccc(-n2cccn2)nc1. The monoisotopic (exact) mass is 273 g/mol. The van der Waals surface area contributed by atoms with E-state index in [2.05, 4.69) is 20.7 Å². The Labute approximate surface area is 118 Å². The summed E-state index contributed by atoms with van der Waals surface area (Å²) in [4.78, 5) is 16.4. The van der Waals surface area contributed by atoms with Gasteiger partial charge in [-0.2, -0.15) is 5.10 Å². The van der Waals surface area contributed by atoms with Gasteiger partial charge in [-0.25, -0.2) is 9.67 Å². The van der Waals surface area contributed by atoms with Crippen molar-refractivity contribution in [1.82, 2.24) is 20.1 Å². The van der Waals surface area contributed by atoms with Gasteiger partial charge >= 0.3 is 0 Å². The van der Waals surface area contributed by atoms with Gasteiger partial charge in [0.05, 0.1) is 17.4 Å². The van der Waals surface area contributed by atoms with Crippen LogP contribution in [0, 0.1) is 0 Å². The molecule has 2 heterocycles. The van der Waals surface area contributed by atoms with Gasteiger partial charge in [0.15, 0.2) is 5.82 Å². The third kappa shape index (κ3) is 3.21. The van der Waals surface area contributed by atoms with Gasteiger partial charge in [-0.15, -0.1) is 0 Å². The third-order valence-corrected chi connectivity index (χ3v) is 2.93. The maximum atomic E-state index is 12.1. The smallest absolute Gasteiger partial charge is 0.244 e. The average molecular weight is 273 g/mol. The standard InChI is InChI=1S/C14H19N5O/c1-4-16-14(2,3)13(20)18-11-6-7-12(15-10-11)19-9-5-8-17-19/h5-10,16H,4H2,1-3H3,(H,18,20). The van der Waals surface area contributed by atoms with Crippen LogP contribution in [0.5, 0.6) is 0 Å². The maximum Gasteiger partial charge on any atom is 0.244 e. The summed E-state index contributed by atoms with van der Waals surface area (Å²) in [5.74, 6) is 0.618. The average Bonchev–Trinajstić information content (AvgIpc) is 2.93. The van der Waals surface area contributed by atoms with Crippen molar-refractivity contribution in [3.63, 3.8) is 0 Å². The highest BCUT2D eigenvalue weighted by Gasteiger charge is 2.26. The van der Waals surface area contributed by atoms with E-state index in [0.717, 1.165) is 6.54 Å². The lowest BCUT2D eigenvalue weighted by Gasteiger charge is -2.24. The molecule has 0 spiro atoms. The van der Waals surface area contributed by atoms with Gasteiger partial charge in [-0.05, 0) is 38.6 Å². The second-order valence-corrected chi connectivity index (χ2v) is 4.97. The number of hydrogen-bond acceptors (Lipinski definition) is 4. The van der Waals surface area contributed by atoms with Crippen molar-refractivity contribution in [1.29, 1.82) is 0 Å². The summed E-state index contributed by atoms with van der Waals surface area (Å²) in [5.41, 5.74) is 0.0481. The van der Waals surface area contributed by atoms with Gasteiger partial charge in [0, 0.05) is 12.4 Å². The zero-order valence-corrected chi connectivity index (χ0v) is 11.9. The first-order valence-electron chi connectivity index (χ1n) is 6.55. The van der Waals surface area contributed by atoms with Gasteiger partial charge in [-0.1, -0.05) is 6.92 Å². The Hall–Kier alpha value is -2.21. The molecule has 2 aromatic heterocycles. The van der Waals surface area contributed by atoms with Crippen molar-refractivity contribution in [2.24, 2.45) is 0 Å². The summed E-state index contributed by atoms with van der Waals surface area (Å²) in [6, 6.07) is 5.45. The van der Waals surface area contributed by atoms with Crippen LogP contribution in [0.25, 0.3) is 5.82 Å². The van der Waals surface area contributed by atoms with E-state index in [4.69, 9.17) is 0 Å². The van der Waals surface area contributed by atoms with Gasteiger partial charge < -0.3 is 10.6 Å². The van der Waals surface area contributed by atoms with Gasteiger partial charge in [-0.3, -0.25) is 4.79 Å². The second-order valence-electron chi connectivity index (χ2n) is 4.97. The van der Waals surface area contributed by atoms with Crippen LogP contribution in [0.2, 0.25) is 0 Å². The second kappa shape index (κ2) is 5.83. The first kappa shape index (κ1) is 14.2. The number of hydrogen-bond donors (Lipinski definition) is 2. The molecule has 0 aliphatic heterocycles. The molecule has 0 bridgehead atoms. The van der Waals surface area contributed by atoms with Gasteiger partial charge in [0.2, 0.25) is 5.91 Å². The fourth-order valence-corrected chi connectivity index (χ4v) is 1.81. The molecule has 6 nitrogen and oxygen atoms in total. The predicted octanol–water partition coefficient (Wildman–Crippen LogP) is 1.59. The molecule has 0 aliphatic rings. The molecule has 2 rings (SSSR count). The molecule has 0 fully saturated rings. The Morgan fingerprint density at radius 2 is 2.20 bits per heavy atom. The Balaban J connectivity index is 2.06. The van der Waals surface area contributed by atoms with Gasteiger partial charge in [0.1, 0.15) is 0 Å². The molecule has 1 amide bonds. The van der Waals surface area contributed by atoms with E-state index < -0.39 is 5.54 Å². The van der Waals surface area contributed by atoms with E-state index in [0.29, 0.717) is 11.5 Å². The molecule has 2 aromatic rings. The molecule has 0 atom stereocenters. The summed E-state index contributed by atoms with van der Waals surface area (Å²) in [6.45, 7) is 6.39. The molecule has 6 heteroatoms. The molecule has 2 N–H and O–H groups in total. The highest BCUT2D eigenvalue weighted by atomic mass is 16.2. The quantitative estimate of drug-likeness (QED) is 0.868. The number of aromatic nitrogens is 3. The zero-order valence-electron chi connectivity index (χ0n) is 11.9. The fraction of sp³-hybridized carbons (Fsp3) is 0.357. The number of nitrogens with zero attached hydrogens (tertiary/aromatic N) is 3. The molecule has 106 valence electrons. The molecule has 0 radical (unpaired) electrons. The Bertz CT molecular complexity index is 560. The van der Waals surface area contributed by atoms with Crippen molar-refractivity contribution in [3.8, 4) is 5.82 Å². The molecular formula is C14H19N5O. The van der Waals surface area contributed by atoms with Crippen LogP contribution in [0.3, 0.4) is 0 Å². The van der Waals surface area contributed by atoms with Crippen molar-refractivity contribution < 1.29 is 4.79 Å². The van der Waals surface area contributed by atoms with Crippen molar-refractivity contribution >= 4 is 11.6 Å². The van der Waals surface area contributed by atoms with Crippen molar-refractivity contribution in [3.05, 3.63) is 36.8 Å². The normalized spacial score (nSPS) is 11.3. The highest BCUT2D eigenvalue weighted by molar-refractivity contribution is 5.97. The molecule has 0 aliphatic carbocycles. The number of likely N-dealkylation sites (N-methyl/N-ethyl adjacent to an activating group) is 1. The first-order valence-corrected chi connectivity index (χ1v) is 6.55. The minimum atomic E-state index is -0.616. The summed E-state index contributed by atoms with van der Waals surface area (Å²) in [6.07, 6.45) is 5.13. The van der Waals surface area contributed by atoms with E-state index >= 15 is 0 Å². The molecule has 0 unspecified atom stereocenters. The number of anilines is 1. The number of pyridine rings is 1. The lowest BCUT2D eigenvalue weighted by molar-refractivity contribution is -0.121. The number of carbonyl (C=O) groups excluding carboxylic acids is 1. The third-order valence-electron chi connectivity index (χ3n) is 2.93. The number of amides is 1. The summed E-state index contributed by atoms with van der Waals surface area (Å²) in [5, 5.41) is 10.1. The zero-order chi connectivity index (χ0) is 14.6. The Morgan fingerprint density at radius 3 is 2.75 bits per heavy atom. The lowest BCUT2D eigenvalue weighted by atomic mass is 10.0. The van der Waals surface area contributed by atoms with E-state index in [9.17, 15) is 4.79 Å². The number of rotatable bonds is 5. The molecular weight excluding hydrogens is 254 g/mol. The summed E-state index contributed by atoms with van der Waals surface area (Å²) < 4.78 is 1.66. The number of carbonyl (C=O) groups is 1. The van der Waals surface area contributed by atoms with Crippen LogP contribution < -0.4 is 10.6 Å². The van der Waals surface area contributed by atoms with E-state index in [1.165, 1.54) is 0 Å². The molecule has 0 aromatic carbocycles. The van der Waals surface area contributed by atoms with E-state index in [1.54, 1.807) is 17.1 Å². The Kier molecular flexibility index (Phi) is 4.14. The highest BCUT2D eigenvalue weighted by Crippen LogP contribution is 2.12. The van der Waals surface area contributed by atoms with Crippen LogP contribution in [-0.2, 0) is 4.79 Å². The fourth-order valence-electron chi connectivity index (χ4n) is 1.81. The van der Waals surface area contributed by atoms with E-state index in [1.807, 2.05) is 45.2 Å². The predicted molar refractivity (Wildman–Crippen MR) is 77.7 cm³/mol. The maximum absolute atomic E-state index is 12.1. The van der Waals surface area contributed by atoms with Crippen LogP contribution in [0.15, 0.2) is 36.8 Å². The largest absolute Gasteiger partial charge is 0.323 e. The minimum Gasteiger partial charge on any atom is -0.323 e. The molecule has 0 saturated heterocycles. The minimum absolute atomic E-state index is 0.0898. The first-order chi connectivity index (χ1) is 9.53. The van der Waals surface area contributed by atoms with Crippen molar-refractivity contribution in [2.75, 3.05) is 11.9 Å². The van der Waals surface area contributed by atoms with Crippen molar-refractivity contribution in [2.45, 2.75) is 26.3 Å². The lowest BCUT2D eigenvalue weighted by Crippen LogP contribution is -2.49. The van der Waals surface area contributed by atoms with Crippen LogP contribution >= 0.6 is 0 Å². The number of nitrogens with one attached hydrogen (secondary N) is 2. The van der Waals surface area contributed by atoms with Crippen LogP contribution in [-0.4, -0.2) is 32.8 Å². The van der Waals surface area contributed by atoms with Gasteiger partial charge in [0.25, 0.3) is 0 Å². The van der Waals surface area contributed by atoms with Crippen LogP contribution in [0.4, 0.5) is 5.69 Å². The van der Waals surface area contributed by atoms with Crippen LogP contribution in [0.1, 0.15) is 20.8 Å². The topological polar surface area (TPSA) is 71.8 Å². The van der Waals surface area contributed by atoms with E-state index in [-0.39, 0.29) is 5.91 Å². The summed E-state index contributed by atoms with van der Waals surface area (Å²) in [7, 11) is 0. The molecule has 0 saturated carbocycles. The Morgan fingerprint density at radius 1 is 1.40 bits per heavy atom.